The highest BCUT2D eigenvalue weighted by molar-refractivity contribution is 5.95. The Morgan fingerprint density at radius 1 is 1.11 bits per heavy atom. The van der Waals surface area contributed by atoms with E-state index < -0.39 is 23.3 Å². The summed E-state index contributed by atoms with van der Waals surface area (Å²) >= 11 is 0. The summed E-state index contributed by atoms with van der Waals surface area (Å²) in [4.78, 5) is 15.2. The first-order valence-corrected chi connectivity index (χ1v) is 11.0. The average molecular weight is 490 g/mol. The summed E-state index contributed by atoms with van der Waals surface area (Å²) < 4.78 is 52.7. The van der Waals surface area contributed by atoms with Gasteiger partial charge in [0.15, 0.2) is 11.5 Å². The second-order valence-corrected chi connectivity index (χ2v) is 8.00. The zero-order valence-corrected chi connectivity index (χ0v) is 19.2. The van der Waals surface area contributed by atoms with Gasteiger partial charge >= 0.3 is 6.18 Å². The van der Waals surface area contributed by atoms with E-state index in [1.165, 1.54) is 19.2 Å². The average Bonchev–Trinajstić information content (AvgIpc) is 3.55. The number of benzene rings is 1. The lowest BCUT2D eigenvalue weighted by molar-refractivity contribution is -0.143. The fraction of sp³-hybridized carbons (Fsp3) is 0.391. The number of carbonyl (C=O) groups excluding carboxylic acids is 1. The van der Waals surface area contributed by atoms with Crippen molar-refractivity contribution in [2.45, 2.75) is 25.1 Å². The number of likely N-dealkylation sites (tertiary alicyclic amines) is 1. The number of aromatic nitrogens is 4. The quantitative estimate of drug-likeness (QED) is 0.518. The molecule has 1 aliphatic rings. The van der Waals surface area contributed by atoms with Crippen molar-refractivity contribution in [2.75, 3.05) is 33.9 Å². The molecule has 2 aromatic heterocycles. The van der Waals surface area contributed by atoms with E-state index >= 15 is 0 Å². The summed E-state index contributed by atoms with van der Waals surface area (Å²) in [6.45, 7) is 1.79. The van der Waals surface area contributed by atoms with Gasteiger partial charge in [-0.05, 0) is 49.7 Å². The van der Waals surface area contributed by atoms with Crippen molar-refractivity contribution in [1.82, 2.24) is 30.2 Å². The number of rotatable bonds is 8. The normalized spacial score (nSPS) is 15.1. The number of ether oxygens (including phenoxy) is 2. The topological polar surface area (TPSA) is 94.4 Å². The molecule has 4 rings (SSSR count). The monoisotopic (exact) mass is 490 g/mol. The molecule has 12 heteroatoms. The molecule has 3 aromatic rings. The number of hydrogen-bond donors (Lipinski definition) is 1. The molecule has 0 spiro atoms. The van der Waals surface area contributed by atoms with Gasteiger partial charge < -0.3 is 14.8 Å². The SMILES string of the molecule is COc1cccc([C@@H](CNC(=O)c2cnn(-c3ccc(OC)nn3)c2C(F)(F)F)N2CCCC2)c1. The Labute approximate surface area is 199 Å². The van der Waals surface area contributed by atoms with Crippen LogP contribution in [0.1, 0.15) is 40.5 Å². The van der Waals surface area contributed by atoms with Crippen LogP contribution in [0.2, 0.25) is 0 Å². The van der Waals surface area contributed by atoms with Crippen LogP contribution in [-0.4, -0.2) is 64.6 Å². The number of methoxy groups -OCH3 is 2. The first-order chi connectivity index (χ1) is 16.8. The first-order valence-electron chi connectivity index (χ1n) is 11.0. The third-order valence-electron chi connectivity index (χ3n) is 5.85. The molecule has 0 unspecified atom stereocenters. The molecule has 9 nitrogen and oxygen atoms in total. The molecule has 1 atom stereocenters. The largest absolute Gasteiger partial charge is 0.497 e. The zero-order chi connectivity index (χ0) is 25.0. The van der Waals surface area contributed by atoms with E-state index in [9.17, 15) is 18.0 Å². The molecule has 1 aliphatic heterocycles. The van der Waals surface area contributed by atoms with Gasteiger partial charge in [-0.25, -0.2) is 4.68 Å². The third kappa shape index (κ3) is 5.37. The maximum Gasteiger partial charge on any atom is 0.434 e. The summed E-state index contributed by atoms with van der Waals surface area (Å²) in [6, 6.07) is 9.88. The van der Waals surface area contributed by atoms with Crippen molar-refractivity contribution in [1.29, 1.82) is 0 Å². The van der Waals surface area contributed by atoms with E-state index in [-0.39, 0.29) is 24.3 Å². The van der Waals surface area contributed by atoms with E-state index in [2.05, 4.69) is 25.5 Å². The Morgan fingerprint density at radius 3 is 2.51 bits per heavy atom. The highest BCUT2D eigenvalue weighted by atomic mass is 19.4. The number of nitrogens with one attached hydrogen (secondary N) is 1. The molecule has 1 saturated heterocycles. The highest BCUT2D eigenvalue weighted by Crippen LogP contribution is 2.34. The van der Waals surface area contributed by atoms with Gasteiger partial charge in [-0.1, -0.05) is 12.1 Å². The predicted octanol–water partition coefficient (Wildman–Crippen LogP) is 3.27. The van der Waals surface area contributed by atoms with Crippen molar-refractivity contribution in [2.24, 2.45) is 0 Å². The van der Waals surface area contributed by atoms with Crippen LogP contribution < -0.4 is 14.8 Å². The molecule has 1 aromatic carbocycles. The van der Waals surface area contributed by atoms with Crippen LogP contribution >= 0.6 is 0 Å². The van der Waals surface area contributed by atoms with E-state index in [1.807, 2.05) is 24.3 Å². The lowest BCUT2D eigenvalue weighted by Crippen LogP contribution is -2.37. The van der Waals surface area contributed by atoms with E-state index in [1.54, 1.807) is 7.11 Å². The van der Waals surface area contributed by atoms with Gasteiger partial charge in [0.1, 0.15) is 5.75 Å². The summed E-state index contributed by atoms with van der Waals surface area (Å²) in [5.74, 6) is -0.266. The molecule has 0 bridgehead atoms. The maximum absolute atomic E-state index is 14.0. The van der Waals surface area contributed by atoms with E-state index in [4.69, 9.17) is 9.47 Å². The molecule has 3 heterocycles. The number of nitrogens with zero attached hydrogens (tertiary/aromatic N) is 5. The fourth-order valence-electron chi connectivity index (χ4n) is 4.14. The lowest BCUT2D eigenvalue weighted by Gasteiger charge is -2.28. The number of alkyl halides is 3. The van der Waals surface area contributed by atoms with Gasteiger partial charge in [0, 0.05) is 12.6 Å². The van der Waals surface area contributed by atoms with Crippen LogP contribution in [0.4, 0.5) is 13.2 Å². The van der Waals surface area contributed by atoms with Crippen molar-refractivity contribution in [3.63, 3.8) is 0 Å². The van der Waals surface area contributed by atoms with Gasteiger partial charge in [-0.15, -0.1) is 10.2 Å². The number of hydrogen-bond acceptors (Lipinski definition) is 7. The second-order valence-electron chi connectivity index (χ2n) is 8.00. The Hall–Kier alpha value is -3.67. The maximum atomic E-state index is 14.0. The zero-order valence-electron chi connectivity index (χ0n) is 19.2. The Morgan fingerprint density at radius 2 is 1.89 bits per heavy atom. The molecule has 1 fully saturated rings. The summed E-state index contributed by atoms with van der Waals surface area (Å²) in [5, 5.41) is 13.9. The minimum atomic E-state index is -4.86. The van der Waals surface area contributed by atoms with Crippen molar-refractivity contribution >= 4 is 5.91 Å². The number of halogens is 3. The van der Waals surface area contributed by atoms with Gasteiger partial charge in [0.05, 0.1) is 32.0 Å². The molecule has 35 heavy (non-hydrogen) atoms. The van der Waals surface area contributed by atoms with Crippen LogP contribution in [0.15, 0.2) is 42.6 Å². The van der Waals surface area contributed by atoms with Crippen LogP contribution in [0.3, 0.4) is 0 Å². The molecule has 186 valence electrons. The van der Waals surface area contributed by atoms with Crippen LogP contribution in [-0.2, 0) is 6.18 Å². The smallest absolute Gasteiger partial charge is 0.434 e. The van der Waals surface area contributed by atoms with E-state index in [0.29, 0.717) is 10.4 Å². The minimum Gasteiger partial charge on any atom is -0.497 e. The third-order valence-corrected chi connectivity index (χ3v) is 5.85. The van der Waals surface area contributed by atoms with Crippen molar-refractivity contribution in [3.8, 4) is 17.4 Å². The molecular formula is C23H25F3N6O3. The first kappa shape index (κ1) is 24.5. The summed E-state index contributed by atoms with van der Waals surface area (Å²) in [7, 11) is 2.93. The summed E-state index contributed by atoms with van der Waals surface area (Å²) in [5.41, 5.74) is -0.915. The fourth-order valence-corrected chi connectivity index (χ4v) is 4.14. The molecule has 0 aliphatic carbocycles. The van der Waals surface area contributed by atoms with Crippen LogP contribution in [0, 0.1) is 0 Å². The van der Waals surface area contributed by atoms with Gasteiger partial charge in [-0.2, -0.15) is 18.3 Å². The highest BCUT2D eigenvalue weighted by Gasteiger charge is 2.41. The molecule has 1 amide bonds. The molecular weight excluding hydrogens is 465 g/mol. The molecule has 0 saturated carbocycles. The van der Waals surface area contributed by atoms with Gasteiger partial charge in [-0.3, -0.25) is 9.69 Å². The van der Waals surface area contributed by atoms with Crippen LogP contribution in [0.5, 0.6) is 11.6 Å². The molecule has 0 radical (unpaired) electrons. The Balaban J connectivity index is 1.60. The van der Waals surface area contributed by atoms with Crippen LogP contribution in [0.25, 0.3) is 5.82 Å². The van der Waals surface area contributed by atoms with Gasteiger partial charge in [0.2, 0.25) is 5.88 Å². The Bertz CT molecular complexity index is 1160. The second kappa shape index (κ2) is 10.3. The van der Waals surface area contributed by atoms with Crippen molar-refractivity contribution < 1.29 is 27.4 Å². The number of amides is 1. The van der Waals surface area contributed by atoms with Gasteiger partial charge in [0.25, 0.3) is 5.91 Å². The Kier molecular flexibility index (Phi) is 7.20. The minimum absolute atomic E-state index is 0.122. The lowest BCUT2D eigenvalue weighted by atomic mass is 10.0. The summed E-state index contributed by atoms with van der Waals surface area (Å²) in [6.07, 6.45) is -1.93. The van der Waals surface area contributed by atoms with E-state index in [0.717, 1.165) is 37.7 Å². The number of carbonyl (C=O) groups is 1. The predicted molar refractivity (Wildman–Crippen MR) is 120 cm³/mol. The van der Waals surface area contributed by atoms with Crippen molar-refractivity contribution in [3.05, 3.63) is 59.4 Å². The standard InChI is InChI=1S/C23H25F3N6O3/c1-34-16-7-5-6-15(12-16)18(31-10-3-4-11-31)14-27-22(33)17-13-28-32(21(17)23(24,25)26)19-8-9-20(35-2)30-29-19/h5-9,12-13,18H,3-4,10-11,14H2,1-2H3,(H,27,33)/t18-/m1/s1. The molecule has 1 N–H and O–H groups in total.